The van der Waals surface area contributed by atoms with Crippen LogP contribution >= 0.6 is 11.6 Å². The van der Waals surface area contributed by atoms with Gasteiger partial charge in [-0.1, -0.05) is 11.6 Å². The first-order valence-corrected chi connectivity index (χ1v) is 6.37. The van der Waals surface area contributed by atoms with E-state index >= 15 is 0 Å². The molecule has 1 aliphatic rings. The number of piperidine rings is 1. The Morgan fingerprint density at radius 1 is 1.50 bits per heavy atom. The Hall–Kier alpha value is -1.49. The number of aromatic nitrogens is 1. The van der Waals surface area contributed by atoms with E-state index in [4.69, 9.17) is 17.3 Å². The molecule has 18 heavy (non-hydrogen) atoms. The molecule has 2 heterocycles. The molecular weight excluding hydrogens is 252 g/mol. The second-order valence-electron chi connectivity index (χ2n) is 4.46. The lowest BCUT2D eigenvalue weighted by Crippen LogP contribution is -2.39. The second kappa shape index (κ2) is 5.44. The molecule has 1 amide bonds. The molecule has 0 bridgehead atoms. The molecule has 0 aliphatic carbocycles. The van der Waals surface area contributed by atoms with Crippen LogP contribution in [0, 0.1) is 5.92 Å². The molecule has 1 aromatic heterocycles. The first-order chi connectivity index (χ1) is 8.60. The molecule has 98 valence electrons. The second-order valence-corrected chi connectivity index (χ2v) is 4.84. The van der Waals surface area contributed by atoms with Crippen molar-refractivity contribution in [1.29, 1.82) is 0 Å². The lowest BCUT2D eigenvalue weighted by Gasteiger charge is -2.32. The first-order valence-electron chi connectivity index (χ1n) is 5.99. The van der Waals surface area contributed by atoms with Crippen LogP contribution in [0.3, 0.4) is 0 Å². The van der Waals surface area contributed by atoms with Crippen molar-refractivity contribution in [3.63, 3.8) is 0 Å². The Morgan fingerprint density at radius 3 is 2.72 bits per heavy atom. The molecule has 0 saturated carbocycles. The average molecular weight is 269 g/mol. The number of anilines is 2. The Balaban J connectivity index is 2.03. The SMILES string of the molecule is CNC(=O)C1CCN(c2cc(N)cc(Cl)n2)CC1. The van der Waals surface area contributed by atoms with Gasteiger partial charge in [-0.3, -0.25) is 4.79 Å². The maximum Gasteiger partial charge on any atom is 0.222 e. The van der Waals surface area contributed by atoms with Crippen molar-refractivity contribution in [3.05, 3.63) is 17.3 Å². The number of pyridine rings is 1. The average Bonchev–Trinajstić information content (AvgIpc) is 2.37. The monoisotopic (exact) mass is 268 g/mol. The number of nitrogen functional groups attached to an aromatic ring is 1. The summed E-state index contributed by atoms with van der Waals surface area (Å²) in [5.74, 6) is 1.01. The molecule has 0 spiro atoms. The van der Waals surface area contributed by atoms with Crippen LogP contribution in [0.25, 0.3) is 0 Å². The smallest absolute Gasteiger partial charge is 0.222 e. The van der Waals surface area contributed by atoms with Crippen LogP contribution in [0.2, 0.25) is 5.15 Å². The molecule has 6 heteroatoms. The molecule has 3 N–H and O–H groups in total. The fraction of sp³-hybridized carbons (Fsp3) is 0.500. The van der Waals surface area contributed by atoms with Crippen molar-refractivity contribution in [2.75, 3.05) is 30.8 Å². The molecular formula is C12H17ClN4O. The molecule has 0 atom stereocenters. The lowest BCUT2D eigenvalue weighted by molar-refractivity contribution is -0.125. The van der Waals surface area contributed by atoms with Crippen molar-refractivity contribution in [3.8, 4) is 0 Å². The molecule has 0 unspecified atom stereocenters. The summed E-state index contributed by atoms with van der Waals surface area (Å²) in [5.41, 5.74) is 6.36. The topological polar surface area (TPSA) is 71.2 Å². The van der Waals surface area contributed by atoms with Crippen LogP contribution in [-0.2, 0) is 4.79 Å². The van der Waals surface area contributed by atoms with Crippen LogP contribution in [-0.4, -0.2) is 31.0 Å². The summed E-state index contributed by atoms with van der Waals surface area (Å²) in [6.45, 7) is 1.59. The predicted octanol–water partition coefficient (Wildman–Crippen LogP) is 1.28. The quantitative estimate of drug-likeness (QED) is 0.793. The fourth-order valence-corrected chi connectivity index (χ4v) is 2.45. The summed E-state index contributed by atoms with van der Waals surface area (Å²) in [5, 5.41) is 3.09. The minimum Gasteiger partial charge on any atom is -0.399 e. The molecule has 1 fully saturated rings. The summed E-state index contributed by atoms with van der Waals surface area (Å²) in [6.07, 6.45) is 1.65. The highest BCUT2D eigenvalue weighted by molar-refractivity contribution is 6.29. The Kier molecular flexibility index (Phi) is 3.91. The molecule has 0 radical (unpaired) electrons. The van der Waals surface area contributed by atoms with E-state index < -0.39 is 0 Å². The van der Waals surface area contributed by atoms with Crippen molar-refractivity contribution < 1.29 is 4.79 Å². The van der Waals surface area contributed by atoms with E-state index in [9.17, 15) is 4.79 Å². The van der Waals surface area contributed by atoms with Crippen LogP contribution in [0.1, 0.15) is 12.8 Å². The van der Waals surface area contributed by atoms with Gasteiger partial charge < -0.3 is 16.0 Å². The van der Waals surface area contributed by atoms with Gasteiger partial charge in [0.05, 0.1) is 0 Å². The third-order valence-corrected chi connectivity index (χ3v) is 3.43. The highest BCUT2D eigenvalue weighted by atomic mass is 35.5. The fourth-order valence-electron chi connectivity index (χ4n) is 2.24. The van der Waals surface area contributed by atoms with Gasteiger partial charge in [0.2, 0.25) is 5.91 Å². The summed E-state index contributed by atoms with van der Waals surface area (Å²) in [6, 6.07) is 3.44. The Labute approximate surface area is 111 Å². The van der Waals surface area contributed by atoms with Crippen molar-refractivity contribution in [1.82, 2.24) is 10.3 Å². The van der Waals surface area contributed by atoms with Gasteiger partial charge in [0.25, 0.3) is 0 Å². The summed E-state index contributed by atoms with van der Waals surface area (Å²) in [7, 11) is 1.67. The van der Waals surface area contributed by atoms with E-state index in [-0.39, 0.29) is 11.8 Å². The Bertz CT molecular complexity index is 423. The maximum atomic E-state index is 11.5. The van der Waals surface area contributed by atoms with Gasteiger partial charge in [-0.15, -0.1) is 0 Å². The highest BCUT2D eigenvalue weighted by Crippen LogP contribution is 2.25. The number of nitrogens with two attached hydrogens (primary N) is 1. The first kappa shape index (κ1) is 13.0. The van der Waals surface area contributed by atoms with Crippen molar-refractivity contribution in [2.24, 2.45) is 5.92 Å². The third kappa shape index (κ3) is 2.85. The third-order valence-electron chi connectivity index (χ3n) is 3.24. The lowest BCUT2D eigenvalue weighted by atomic mass is 9.96. The number of rotatable bonds is 2. The number of hydrogen-bond donors (Lipinski definition) is 2. The van der Waals surface area contributed by atoms with Gasteiger partial charge in [-0.25, -0.2) is 4.98 Å². The standard InChI is InChI=1S/C12H17ClN4O/c1-15-12(18)8-2-4-17(5-3-8)11-7-9(14)6-10(13)16-11/h6-8H,2-5H2,1H3,(H2,14,16)(H,15,18). The van der Waals surface area contributed by atoms with Crippen LogP contribution in [0.15, 0.2) is 12.1 Å². The van der Waals surface area contributed by atoms with Gasteiger partial charge in [0.15, 0.2) is 0 Å². The molecule has 1 aromatic rings. The van der Waals surface area contributed by atoms with Gasteiger partial charge in [-0.2, -0.15) is 0 Å². The van der Waals surface area contributed by atoms with Crippen molar-refractivity contribution >= 4 is 29.0 Å². The summed E-state index contributed by atoms with van der Waals surface area (Å²) in [4.78, 5) is 17.9. The Morgan fingerprint density at radius 2 is 2.17 bits per heavy atom. The molecule has 5 nitrogen and oxygen atoms in total. The van der Waals surface area contributed by atoms with E-state index in [1.54, 1.807) is 13.1 Å². The zero-order valence-electron chi connectivity index (χ0n) is 10.3. The van der Waals surface area contributed by atoms with Crippen molar-refractivity contribution in [2.45, 2.75) is 12.8 Å². The molecule has 2 rings (SSSR count). The highest BCUT2D eigenvalue weighted by Gasteiger charge is 2.24. The number of amides is 1. The van der Waals surface area contributed by atoms with E-state index in [2.05, 4.69) is 15.2 Å². The zero-order valence-corrected chi connectivity index (χ0v) is 11.1. The molecule has 1 saturated heterocycles. The van der Waals surface area contributed by atoms with Gasteiger partial charge in [0, 0.05) is 37.8 Å². The number of halogens is 1. The normalized spacial score (nSPS) is 16.7. The van der Waals surface area contributed by atoms with E-state index in [0.717, 1.165) is 31.7 Å². The molecule has 0 aromatic carbocycles. The summed E-state index contributed by atoms with van der Waals surface area (Å²) >= 11 is 5.89. The maximum absolute atomic E-state index is 11.5. The number of nitrogens with zero attached hydrogens (tertiary/aromatic N) is 2. The summed E-state index contributed by atoms with van der Waals surface area (Å²) < 4.78 is 0. The van der Waals surface area contributed by atoms with Crippen LogP contribution < -0.4 is 16.0 Å². The minimum absolute atomic E-state index is 0.0998. The van der Waals surface area contributed by atoms with E-state index in [1.165, 1.54) is 0 Å². The zero-order chi connectivity index (χ0) is 13.1. The van der Waals surface area contributed by atoms with E-state index in [1.807, 2.05) is 6.07 Å². The van der Waals surface area contributed by atoms with Gasteiger partial charge in [0.1, 0.15) is 11.0 Å². The largest absolute Gasteiger partial charge is 0.399 e. The van der Waals surface area contributed by atoms with Gasteiger partial charge >= 0.3 is 0 Å². The minimum atomic E-state index is 0.0998. The van der Waals surface area contributed by atoms with Crippen LogP contribution in [0.4, 0.5) is 11.5 Å². The van der Waals surface area contributed by atoms with E-state index in [0.29, 0.717) is 10.8 Å². The number of carbonyl (C=O) groups is 1. The number of carbonyl (C=O) groups excluding carboxylic acids is 1. The molecule has 1 aliphatic heterocycles. The predicted molar refractivity (Wildman–Crippen MR) is 72.7 cm³/mol. The van der Waals surface area contributed by atoms with Crippen LogP contribution in [0.5, 0.6) is 0 Å². The number of hydrogen-bond acceptors (Lipinski definition) is 4. The van der Waals surface area contributed by atoms with Gasteiger partial charge in [-0.05, 0) is 18.9 Å². The number of nitrogens with one attached hydrogen (secondary N) is 1.